The van der Waals surface area contributed by atoms with E-state index in [2.05, 4.69) is 15.6 Å². The number of carbonyl (C=O) groups excluding carboxylic acids is 1. The van der Waals surface area contributed by atoms with Crippen molar-refractivity contribution in [3.8, 4) is 0 Å². The molecule has 1 heterocycles. The Morgan fingerprint density at radius 1 is 1.19 bits per heavy atom. The van der Waals surface area contributed by atoms with Crippen molar-refractivity contribution in [2.45, 2.75) is 39.8 Å². The number of nitrogens with zero attached hydrogens (tertiary/aromatic N) is 2. The van der Waals surface area contributed by atoms with E-state index in [1.807, 2.05) is 45.0 Å². The molecule has 1 unspecified atom stereocenters. The molecule has 0 saturated carbocycles. The smallest absolute Gasteiger partial charge is 0.253 e. The van der Waals surface area contributed by atoms with Gasteiger partial charge in [0.25, 0.3) is 5.91 Å². The Balaban J connectivity index is 2.00. The Hall–Kier alpha value is -2.09. The Morgan fingerprint density at radius 3 is 2.37 bits per heavy atom. The summed E-state index contributed by atoms with van der Waals surface area (Å²) in [6.45, 7) is 8.43. The van der Waals surface area contributed by atoms with Gasteiger partial charge in [0.2, 0.25) is 0 Å². The molecule has 0 aromatic heterocycles. The van der Waals surface area contributed by atoms with Crippen molar-refractivity contribution in [3.05, 3.63) is 35.4 Å². The molecule has 1 atom stereocenters. The third-order valence-electron chi connectivity index (χ3n) is 4.59. The van der Waals surface area contributed by atoms with E-state index in [0.29, 0.717) is 44.1 Å². The van der Waals surface area contributed by atoms with Crippen LogP contribution >= 0.6 is 0 Å². The number of hydrogen-bond acceptors (Lipinski definition) is 4. The Kier molecular flexibility index (Phi) is 7.65. The van der Waals surface area contributed by atoms with Crippen molar-refractivity contribution < 1.29 is 13.2 Å². The molecule has 8 heteroatoms. The summed E-state index contributed by atoms with van der Waals surface area (Å²) in [7, 11) is -2.93. The topological polar surface area (TPSA) is 90.9 Å². The number of carbonyl (C=O) groups is 1. The van der Waals surface area contributed by atoms with Crippen LogP contribution in [-0.2, 0) is 16.4 Å². The van der Waals surface area contributed by atoms with Gasteiger partial charge in [-0.2, -0.15) is 0 Å². The van der Waals surface area contributed by atoms with Crippen LogP contribution in [0.4, 0.5) is 0 Å². The molecule has 150 valence electrons. The first-order valence-electron chi connectivity index (χ1n) is 9.52. The van der Waals surface area contributed by atoms with Gasteiger partial charge in [-0.05, 0) is 44.9 Å². The molecule has 1 aliphatic rings. The number of sulfone groups is 1. The standard InChI is InChI=1S/C19H30N4O3S/c1-4-20-19(22-17-11-12-27(25,26)14-17)21-13-15-7-9-16(10-8-15)18(24)23(5-2)6-3/h7-10,17H,4-6,11-14H2,1-3H3,(H2,20,21,22). The minimum Gasteiger partial charge on any atom is -0.357 e. The van der Waals surface area contributed by atoms with Crippen molar-refractivity contribution in [1.82, 2.24) is 15.5 Å². The number of hydrogen-bond donors (Lipinski definition) is 2. The van der Waals surface area contributed by atoms with Crippen molar-refractivity contribution in [3.63, 3.8) is 0 Å². The molecule has 0 radical (unpaired) electrons. The van der Waals surface area contributed by atoms with Gasteiger partial charge in [0.15, 0.2) is 15.8 Å². The van der Waals surface area contributed by atoms with Gasteiger partial charge in [0.1, 0.15) is 0 Å². The van der Waals surface area contributed by atoms with Crippen molar-refractivity contribution in [2.75, 3.05) is 31.1 Å². The second-order valence-electron chi connectivity index (χ2n) is 6.61. The van der Waals surface area contributed by atoms with E-state index in [1.165, 1.54) is 0 Å². The van der Waals surface area contributed by atoms with Gasteiger partial charge >= 0.3 is 0 Å². The fourth-order valence-corrected chi connectivity index (χ4v) is 4.71. The Morgan fingerprint density at radius 2 is 1.85 bits per heavy atom. The summed E-state index contributed by atoms with van der Waals surface area (Å²) in [5.74, 6) is 1.03. The number of guanidine groups is 1. The monoisotopic (exact) mass is 394 g/mol. The molecule has 0 bridgehead atoms. The number of nitrogens with one attached hydrogen (secondary N) is 2. The molecule has 1 saturated heterocycles. The van der Waals surface area contributed by atoms with Gasteiger partial charge in [-0.1, -0.05) is 12.1 Å². The summed E-state index contributed by atoms with van der Waals surface area (Å²) in [6.07, 6.45) is 0.606. The van der Waals surface area contributed by atoms with Crippen LogP contribution in [-0.4, -0.2) is 62.4 Å². The fourth-order valence-electron chi connectivity index (χ4n) is 3.04. The van der Waals surface area contributed by atoms with Crippen LogP contribution < -0.4 is 10.6 Å². The van der Waals surface area contributed by atoms with E-state index in [1.54, 1.807) is 4.90 Å². The minimum absolute atomic E-state index is 0.0347. The lowest BCUT2D eigenvalue weighted by Crippen LogP contribution is -2.44. The quantitative estimate of drug-likeness (QED) is 0.539. The van der Waals surface area contributed by atoms with Crippen LogP contribution in [0.5, 0.6) is 0 Å². The average Bonchev–Trinajstić information content (AvgIpc) is 2.99. The minimum atomic E-state index is -2.93. The van der Waals surface area contributed by atoms with E-state index in [4.69, 9.17) is 0 Å². The van der Waals surface area contributed by atoms with Gasteiger partial charge in [-0.3, -0.25) is 4.79 Å². The third-order valence-corrected chi connectivity index (χ3v) is 6.36. The Labute approximate surface area is 162 Å². The molecule has 2 N–H and O–H groups in total. The summed E-state index contributed by atoms with van der Waals surface area (Å²) in [6, 6.07) is 7.38. The third kappa shape index (κ3) is 6.23. The van der Waals surface area contributed by atoms with Crippen molar-refractivity contribution in [1.29, 1.82) is 0 Å². The molecule has 7 nitrogen and oxygen atoms in total. The molecule has 1 aromatic carbocycles. The lowest BCUT2D eigenvalue weighted by molar-refractivity contribution is 0.0773. The van der Waals surface area contributed by atoms with Gasteiger partial charge in [0.05, 0.1) is 18.1 Å². The van der Waals surface area contributed by atoms with Gasteiger partial charge in [0, 0.05) is 31.2 Å². The summed E-state index contributed by atoms with van der Waals surface area (Å²) in [4.78, 5) is 18.7. The van der Waals surface area contributed by atoms with E-state index in [9.17, 15) is 13.2 Å². The molecular formula is C19H30N4O3S. The average molecular weight is 395 g/mol. The first-order valence-corrected chi connectivity index (χ1v) is 11.3. The molecule has 27 heavy (non-hydrogen) atoms. The fraction of sp³-hybridized carbons (Fsp3) is 0.579. The summed E-state index contributed by atoms with van der Waals surface area (Å²) in [5.41, 5.74) is 1.66. The predicted molar refractivity (Wildman–Crippen MR) is 109 cm³/mol. The number of amides is 1. The van der Waals surface area contributed by atoms with Gasteiger partial charge < -0.3 is 15.5 Å². The number of aliphatic imine (C=N–C) groups is 1. The number of benzene rings is 1. The second-order valence-corrected chi connectivity index (χ2v) is 8.84. The largest absolute Gasteiger partial charge is 0.357 e. The predicted octanol–water partition coefficient (Wildman–Crippen LogP) is 1.41. The van der Waals surface area contributed by atoms with Crippen LogP contribution in [0.3, 0.4) is 0 Å². The number of rotatable bonds is 7. The zero-order valence-corrected chi connectivity index (χ0v) is 17.2. The van der Waals surface area contributed by atoms with Gasteiger partial charge in [-0.25, -0.2) is 13.4 Å². The highest BCUT2D eigenvalue weighted by molar-refractivity contribution is 7.91. The first kappa shape index (κ1) is 21.2. The summed E-state index contributed by atoms with van der Waals surface area (Å²) >= 11 is 0. The highest BCUT2D eigenvalue weighted by Gasteiger charge is 2.28. The van der Waals surface area contributed by atoms with E-state index >= 15 is 0 Å². The molecule has 1 aromatic rings. The summed E-state index contributed by atoms with van der Waals surface area (Å²) < 4.78 is 23.2. The molecule has 1 amide bonds. The SMILES string of the molecule is CCNC(=NCc1ccc(C(=O)N(CC)CC)cc1)NC1CCS(=O)(=O)C1. The second kappa shape index (κ2) is 9.73. The highest BCUT2D eigenvalue weighted by Crippen LogP contribution is 2.12. The maximum atomic E-state index is 12.3. The zero-order chi connectivity index (χ0) is 19.9. The lowest BCUT2D eigenvalue weighted by atomic mass is 10.1. The van der Waals surface area contributed by atoms with E-state index in [0.717, 1.165) is 5.56 Å². The molecule has 2 rings (SSSR count). The Bertz CT molecular complexity index is 756. The molecule has 0 aliphatic carbocycles. The van der Waals surface area contributed by atoms with Crippen LogP contribution in [0.1, 0.15) is 43.1 Å². The van der Waals surface area contributed by atoms with E-state index < -0.39 is 9.84 Å². The van der Waals surface area contributed by atoms with Crippen LogP contribution in [0, 0.1) is 0 Å². The maximum absolute atomic E-state index is 12.3. The van der Waals surface area contributed by atoms with Crippen LogP contribution in [0.25, 0.3) is 0 Å². The summed E-state index contributed by atoms with van der Waals surface area (Å²) in [5, 5.41) is 6.35. The molecular weight excluding hydrogens is 364 g/mol. The van der Waals surface area contributed by atoms with Crippen molar-refractivity contribution >= 4 is 21.7 Å². The van der Waals surface area contributed by atoms with Crippen LogP contribution in [0.2, 0.25) is 0 Å². The molecule has 1 aliphatic heterocycles. The lowest BCUT2D eigenvalue weighted by Gasteiger charge is -2.18. The van der Waals surface area contributed by atoms with Gasteiger partial charge in [-0.15, -0.1) is 0 Å². The molecule has 1 fully saturated rings. The normalized spacial score (nSPS) is 18.9. The zero-order valence-electron chi connectivity index (χ0n) is 16.4. The maximum Gasteiger partial charge on any atom is 0.253 e. The molecule has 0 spiro atoms. The first-order chi connectivity index (χ1) is 12.9. The van der Waals surface area contributed by atoms with Crippen LogP contribution in [0.15, 0.2) is 29.3 Å². The highest BCUT2D eigenvalue weighted by atomic mass is 32.2. The van der Waals surface area contributed by atoms with E-state index in [-0.39, 0.29) is 23.5 Å². The van der Waals surface area contributed by atoms with Crippen molar-refractivity contribution in [2.24, 2.45) is 4.99 Å².